The lowest BCUT2D eigenvalue weighted by atomic mass is 10.1. The molecule has 5 nitrogen and oxygen atoms in total. The SMILES string of the molecule is CCOc1ccc2nc(CN3CC[C@@H](CNC(C)=O)C3)ccc2c1. The summed E-state index contributed by atoms with van der Waals surface area (Å²) in [5.41, 5.74) is 2.09. The maximum Gasteiger partial charge on any atom is 0.216 e. The first-order chi connectivity index (χ1) is 11.6. The van der Waals surface area contributed by atoms with E-state index in [0.717, 1.165) is 54.9 Å². The van der Waals surface area contributed by atoms with Crippen LogP contribution in [0, 0.1) is 5.92 Å². The number of nitrogens with zero attached hydrogens (tertiary/aromatic N) is 2. The van der Waals surface area contributed by atoms with E-state index in [0.29, 0.717) is 12.5 Å². The van der Waals surface area contributed by atoms with Crippen molar-refractivity contribution in [1.29, 1.82) is 0 Å². The topological polar surface area (TPSA) is 54.5 Å². The molecule has 1 aromatic carbocycles. The second-order valence-corrected chi connectivity index (χ2v) is 6.42. The molecule has 1 amide bonds. The minimum absolute atomic E-state index is 0.0519. The van der Waals surface area contributed by atoms with Gasteiger partial charge in [-0.15, -0.1) is 0 Å². The van der Waals surface area contributed by atoms with E-state index in [-0.39, 0.29) is 5.91 Å². The fraction of sp³-hybridized carbons (Fsp3) is 0.474. The van der Waals surface area contributed by atoms with Crippen molar-refractivity contribution in [3.63, 3.8) is 0 Å². The minimum atomic E-state index is 0.0519. The van der Waals surface area contributed by atoms with Crippen molar-refractivity contribution in [2.24, 2.45) is 5.92 Å². The first-order valence-corrected chi connectivity index (χ1v) is 8.63. The second-order valence-electron chi connectivity index (χ2n) is 6.42. The molecule has 1 aromatic heterocycles. The molecular weight excluding hydrogens is 302 g/mol. The molecule has 0 saturated carbocycles. The monoisotopic (exact) mass is 327 g/mol. The number of ether oxygens (including phenoxy) is 1. The van der Waals surface area contributed by atoms with Gasteiger partial charge in [-0.1, -0.05) is 6.07 Å². The fourth-order valence-corrected chi connectivity index (χ4v) is 3.23. The van der Waals surface area contributed by atoms with Crippen molar-refractivity contribution in [1.82, 2.24) is 15.2 Å². The molecule has 1 saturated heterocycles. The van der Waals surface area contributed by atoms with Crippen LogP contribution in [0.15, 0.2) is 30.3 Å². The Morgan fingerprint density at radius 3 is 3.04 bits per heavy atom. The molecule has 3 rings (SSSR count). The quantitative estimate of drug-likeness (QED) is 0.886. The average molecular weight is 327 g/mol. The van der Waals surface area contributed by atoms with E-state index in [1.165, 1.54) is 0 Å². The van der Waals surface area contributed by atoms with Crippen molar-refractivity contribution in [3.05, 3.63) is 36.0 Å². The lowest BCUT2D eigenvalue weighted by molar-refractivity contribution is -0.119. The number of likely N-dealkylation sites (tertiary alicyclic amines) is 1. The summed E-state index contributed by atoms with van der Waals surface area (Å²) in [6.45, 7) is 7.95. The number of hydrogen-bond acceptors (Lipinski definition) is 4. The lowest BCUT2D eigenvalue weighted by Gasteiger charge is -2.16. The summed E-state index contributed by atoms with van der Waals surface area (Å²) in [4.78, 5) is 18.2. The molecule has 1 atom stereocenters. The smallest absolute Gasteiger partial charge is 0.216 e. The molecule has 1 aliphatic heterocycles. The highest BCUT2D eigenvalue weighted by Gasteiger charge is 2.22. The van der Waals surface area contributed by atoms with Crippen molar-refractivity contribution in [2.45, 2.75) is 26.8 Å². The molecule has 1 fully saturated rings. The van der Waals surface area contributed by atoms with Crippen LogP contribution in [0.25, 0.3) is 10.9 Å². The number of carbonyl (C=O) groups excluding carboxylic acids is 1. The fourth-order valence-electron chi connectivity index (χ4n) is 3.23. The highest BCUT2D eigenvalue weighted by Crippen LogP contribution is 2.22. The Balaban J connectivity index is 1.61. The summed E-state index contributed by atoms with van der Waals surface area (Å²) in [5.74, 6) is 1.49. The number of rotatable bonds is 6. The Labute approximate surface area is 143 Å². The van der Waals surface area contributed by atoms with E-state index in [2.05, 4.69) is 22.3 Å². The van der Waals surface area contributed by atoms with Gasteiger partial charge in [-0.2, -0.15) is 0 Å². The summed E-state index contributed by atoms with van der Waals surface area (Å²) in [7, 11) is 0. The summed E-state index contributed by atoms with van der Waals surface area (Å²) < 4.78 is 5.54. The van der Waals surface area contributed by atoms with Crippen LogP contribution in [0.3, 0.4) is 0 Å². The number of carbonyl (C=O) groups is 1. The molecule has 1 aliphatic rings. The van der Waals surface area contributed by atoms with Gasteiger partial charge in [0.1, 0.15) is 5.75 Å². The Kier molecular flexibility index (Phi) is 5.30. The molecule has 0 aliphatic carbocycles. The van der Waals surface area contributed by atoms with E-state index in [4.69, 9.17) is 9.72 Å². The third-order valence-corrected chi connectivity index (χ3v) is 4.42. The molecule has 128 valence electrons. The van der Waals surface area contributed by atoms with Crippen LogP contribution >= 0.6 is 0 Å². The Morgan fingerprint density at radius 1 is 1.38 bits per heavy atom. The Morgan fingerprint density at radius 2 is 2.25 bits per heavy atom. The predicted molar refractivity (Wildman–Crippen MR) is 95.0 cm³/mol. The molecule has 2 aromatic rings. The summed E-state index contributed by atoms with van der Waals surface area (Å²) in [5, 5.41) is 4.02. The van der Waals surface area contributed by atoms with Crippen molar-refractivity contribution >= 4 is 16.8 Å². The standard InChI is InChI=1S/C19H25N3O2/c1-3-24-18-6-7-19-16(10-18)4-5-17(21-19)13-22-9-8-15(12-22)11-20-14(2)23/h4-7,10,15H,3,8-9,11-13H2,1-2H3,(H,20,23)/t15-/m0/s1. The van der Waals surface area contributed by atoms with Crippen molar-refractivity contribution in [2.75, 3.05) is 26.2 Å². The number of hydrogen-bond donors (Lipinski definition) is 1. The average Bonchev–Trinajstić information content (AvgIpc) is 3.01. The van der Waals surface area contributed by atoms with E-state index in [1.807, 2.05) is 25.1 Å². The molecule has 1 N–H and O–H groups in total. The molecule has 2 heterocycles. The van der Waals surface area contributed by atoms with E-state index in [1.54, 1.807) is 6.92 Å². The van der Waals surface area contributed by atoms with Crippen LogP contribution < -0.4 is 10.1 Å². The Bertz CT molecular complexity index is 717. The summed E-state index contributed by atoms with van der Waals surface area (Å²) >= 11 is 0. The lowest BCUT2D eigenvalue weighted by Crippen LogP contribution is -2.29. The van der Waals surface area contributed by atoms with Gasteiger partial charge in [-0.25, -0.2) is 0 Å². The van der Waals surface area contributed by atoms with E-state index >= 15 is 0 Å². The zero-order chi connectivity index (χ0) is 16.9. The maximum atomic E-state index is 11.0. The van der Waals surface area contributed by atoms with E-state index in [9.17, 15) is 4.79 Å². The summed E-state index contributed by atoms with van der Waals surface area (Å²) in [6, 6.07) is 10.2. The molecule has 24 heavy (non-hydrogen) atoms. The van der Waals surface area contributed by atoms with Crippen LogP contribution in [0.4, 0.5) is 0 Å². The molecule has 0 radical (unpaired) electrons. The summed E-state index contributed by atoms with van der Waals surface area (Å²) in [6.07, 6.45) is 1.13. The van der Waals surface area contributed by atoms with Gasteiger partial charge in [-0.3, -0.25) is 14.7 Å². The van der Waals surface area contributed by atoms with Crippen molar-refractivity contribution in [3.8, 4) is 5.75 Å². The number of fused-ring (bicyclic) bond motifs is 1. The van der Waals surface area contributed by atoms with Gasteiger partial charge in [0.05, 0.1) is 17.8 Å². The van der Waals surface area contributed by atoms with Crippen LogP contribution in [0.2, 0.25) is 0 Å². The number of aromatic nitrogens is 1. The van der Waals surface area contributed by atoms with Gasteiger partial charge < -0.3 is 10.1 Å². The minimum Gasteiger partial charge on any atom is -0.494 e. The van der Waals surface area contributed by atoms with Crippen molar-refractivity contribution < 1.29 is 9.53 Å². The van der Waals surface area contributed by atoms with Gasteiger partial charge >= 0.3 is 0 Å². The number of amides is 1. The van der Waals surface area contributed by atoms with Gasteiger partial charge in [0.25, 0.3) is 0 Å². The van der Waals surface area contributed by atoms with Gasteiger partial charge in [0, 0.05) is 31.9 Å². The third kappa shape index (κ3) is 4.23. The molecule has 0 spiro atoms. The third-order valence-electron chi connectivity index (χ3n) is 4.42. The largest absolute Gasteiger partial charge is 0.494 e. The first-order valence-electron chi connectivity index (χ1n) is 8.63. The van der Waals surface area contributed by atoms with Gasteiger partial charge in [0.2, 0.25) is 5.91 Å². The predicted octanol–water partition coefficient (Wildman–Crippen LogP) is 2.59. The zero-order valence-electron chi connectivity index (χ0n) is 14.4. The molecular formula is C19H25N3O2. The Hall–Kier alpha value is -2.14. The van der Waals surface area contributed by atoms with Crippen LogP contribution in [-0.4, -0.2) is 42.0 Å². The molecule has 0 unspecified atom stereocenters. The van der Waals surface area contributed by atoms with Gasteiger partial charge in [-0.05, 0) is 50.1 Å². The number of pyridine rings is 1. The van der Waals surface area contributed by atoms with Crippen LogP contribution in [0.1, 0.15) is 26.0 Å². The highest BCUT2D eigenvalue weighted by atomic mass is 16.5. The van der Waals surface area contributed by atoms with Crippen LogP contribution in [-0.2, 0) is 11.3 Å². The van der Waals surface area contributed by atoms with Crippen LogP contribution in [0.5, 0.6) is 5.75 Å². The number of benzene rings is 1. The normalized spacial score (nSPS) is 18.0. The van der Waals surface area contributed by atoms with Gasteiger partial charge in [0.15, 0.2) is 0 Å². The molecule has 5 heteroatoms. The zero-order valence-corrected chi connectivity index (χ0v) is 14.4. The number of nitrogens with one attached hydrogen (secondary N) is 1. The maximum absolute atomic E-state index is 11.0. The second kappa shape index (κ2) is 7.62. The highest BCUT2D eigenvalue weighted by molar-refractivity contribution is 5.80. The first kappa shape index (κ1) is 16.7. The van der Waals surface area contributed by atoms with E-state index < -0.39 is 0 Å². The molecule has 0 bridgehead atoms.